The summed E-state index contributed by atoms with van der Waals surface area (Å²) in [7, 11) is 1.39. The van der Waals surface area contributed by atoms with E-state index in [1.54, 1.807) is 0 Å². The number of aromatic carboxylic acids is 1. The van der Waals surface area contributed by atoms with Crippen molar-refractivity contribution in [1.29, 1.82) is 0 Å². The van der Waals surface area contributed by atoms with Crippen LogP contribution >= 0.6 is 23.2 Å². The van der Waals surface area contributed by atoms with Gasteiger partial charge in [-0.3, -0.25) is 0 Å². The number of halogens is 2. The average Bonchev–Trinajstić information content (AvgIpc) is 2.42. The molecule has 1 N–H and O–H groups in total. The third kappa shape index (κ3) is 3.09. The molecule has 8 heteroatoms. The summed E-state index contributed by atoms with van der Waals surface area (Å²) in [5.41, 5.74) is -0.105. The average molecular weight is 315 g/mol. The van der Waals surface area contributed by atoms with Crippen molar-refractivity contribution in [3.8, 4) is 17.6 Å². The minimum Gasteiger partial charge on any atom is -0.478 e. The number of rotatable bonds is 4. The number of carboxylic acids is 1. The Hall–Kier alpha value is -2.05. The summed E-state index contributed by atoms with van der Waals surface area (Å²) in [6, 6.07) is 4.23. The second-order valence-electron chi connectivity index (χ2n) is 3.56. The summed E-state index contributed by atoms with van der Waals surface area (Å²) in [4.78, 5) is 18.8. The minimum atomic E-state index is -1.18. The predicted molar refractivity (Wildman–Crippen MR) is 72.1 cm³/mol. The van der Waals surface area contributed by atoms with Gasteiger partial charge in [-0.15, -0.1) is 0 Å². The van der Waals surface area contributed by atoms with E-state index in [0.717, 1.165) is 0 Å². The number of benzene rings is 1. The molecule has 0 spiro atoms. The third-order valence-corrected chi connectivity index (χ3v) is 2.75. The van der Waals surface area contributed by atoms with Crippen LogP contribution in [0.4, 0.5) is 0 Å². The molecule has 2 aromatic rings. The second-order valence-corrected chi connectivity index (χ2v) is 4.40. The number of aromatic nitrogens is 2. The molecule has 6 nitrogen and oxygen atoms in total. The van der Waals surface area contributed by atoms with E-state index in [2.05, 4.69) is 9.97 Å². The smallest absolute Gasteiger partial charge is 0.339 e. The second kappa shape index (κ2) is 5.94. The lowest BCUT2D eigenvalue weighted by molar-refractivity contribution is 0.0694. The summed E-state index contributed by atoms with van der Waals surface area (Å²) >= 11 is 11.6. The van der Waals surface area contributed by atoms with Crippen LogP contribution in [0, 0.1) is 0 Å². The van der Waals surface area contributed by atoms with Crippen molar-refractivity contribution in [2.75, 3.05) is 7.11 Å². The zero-order chi connectivity index (χ0) is 14.7. The molecule has 1 heterocycles. The van der Waals surface area contributed by atoms with Gasteiger partial charge in [-0.25, -0.2) is 9.78 Å². The molecule has 0 saturated heterocycles. The lowest BCUT2D eigenvalue weighted by Crippen LogP contribution is -2.02. The summed E-state index contributed by atoms with van der Waals surface area (Å²) in [5, 5.41) is 9.51. The molecule has 1 aromatic carbocycles. The normalized spacial score (nSPS) is 10.2. The molecule has 1 aromatic heterocycles. The maximum absolute atomic E-state index is 11.1. The highest BCUT2D eigenvalue weighted by molar-refractivity contribution is 6.31. The Bertz CT molecular complexity index is 664. The molecule has 0 saturated carbocycles. The Morgan fingerprint density at radius 1 is 1.35 bits per heavy atom. The van der Waals surface area contributed by atoms with Crippen molar-refractivity contribution >= 4 is 29.2 Å². The Morgan fingerprint density at radius 2 is 2.10 bits per heavy atom. The van der Waals surface area contributed by atoms with Crippen LogP contribution in [0.5, 0.6) is 17.6 Å². The van der Waals surface area contributed by atoms with E-state index in [4.69, 9.17) is 37.8 Å². The predicted octanol–water partition coefficient (Wildman–Crippen LogP) is 3.28. The number of carboxylic acid groups (broad SMARTS) is 1. The van der Waals surface area contributed by atoms with Gasteiger partial charge in [0.05, 0.1) is 13.3 Å². The van der Waals surface area contributed by atoms with Crippen LogP contribution in [0.3, 0.4) is 0 Å². The molecule has 0 unspecified atom stereocenters. The molecule has 0 radical (unpaired) electrons. The summed E-state index contributed by atoms with van der Waals surface area (Å²) in [6.07, 6.45) is 1.29. The zero-order valence-corrected chi connectivity index (χ0v) is 11.6. The number of hydrogen-bond acceptors (Lipinski definition) is 5. The van der Waals surface area contributed by atoms with Gasteiger partial charge in [0.15, 0.2) is 0 Å². The van der Waals surface area contributed by atoms with Crippen LogP contribution in [0.25, 0.3) is 0 Å². The standard InChI is InChI=1S/C12H8Cl2N2O4/c1-19-12-15-5-8(14)10(16-12)20-9-3-2-6(13)4-7(9)11(17)18/h2-5H,1H3,(H,17,18). The lowest BCUT2D eigenvalue weighted by atomic mass is 10.2. The molecule has 0 amide bonds. The van der Waals surface area contributed by atoms with Gasteiger partial charge in [0.25, 0.3) is 0 Å². The van der Waals surface area contributed by atoms with Crippen LogP contribution in [0.2, 0.25) is 10.0 Å². The number of hydrogen-bond donors (Lipinski definition) is 1. The molecule has 104 valence electrons. The first-order chi connectivity index (χ1) is 9.51. The van der Waals surface area contributed by atoms with Crippen molar-refractivity contribution in [3.63, 3.8) is 0 Å². The van der Waals surface area contributed by atoms with Gasteiger partial charge in [0, 0.05) is 5.02 Å². The highest BCUT2D eigenvalue weighted by atomic mass is 35.5. The van der Waals surface area contributed by atoms with Crippen LogP contribution < -0.4 is 9.47 Å². The largest absolute Gasteiger partial charge is 0.478 e. The molecule has 20 heavy (non-hydrogen) atoms. The van der Waals surface area contributed by atoms with E-state index < -0.39 is 5.97 Å². The SMILES string of the molecule is COc1ncc(Cl)c(Oc2ccc(Cl)cc2C(=O)O)n1. The zero-order valence-electron chi connectivity index (χ0n) is 10.1. The molecule has 0 fully saturated rings. The van der Waals surface area contributed by atoms with Crippen LogP contribution in [-0.4, -0.2) is 28.2 Å². The van der Waals surface area contributed by atoms with Crippen molar-refractivity contribution in [3.05, 3.63) is 40.0 Å². The van der Waals surface area contributed by atoms with Gasteiger partial charge < -0.3 is 14.6 Å². The highest BCUT2D eigenvalue weighted by Crippen LogP contribution is 2.31. The van der Waals surface area contributed by atoms with Crippen LogP contribution in [0.1, 0.15) is 10.4 Å². The first kappa shape index (κ1) is 14.4. The molecule has 0 aliphatic carbocycles. The Labute approximate surface area is 123 Å². The molecule has 2 rings (SSSR count). The third-order valence-electron chi connectivity index (χ3n) is 2.25. The molecule has 0 atom stereocenters. The van der Waals surface area contributed by atoms with Crippen LogP contribution in [0.15, 0.2) is 24.4 Å². The monoisotopic (exact) mass is 314 g/mol. The molecule has 0 aliphatic rings. The first-order valence-corrected chi connectivity index (χ1v) is 6.04. The van der Waals surface area contributed by atoms with Crippen LogP contribution in [-0.2, 0) is 0 Å². The Morgan fingerprint density at radius 3 is 2.75 bits per heavy atom. The van der Waals surface area contributed by atoms with Gasteiger partial charge in [-0.1, -0.05) is 23.2 Å². The number of carbonyl (C=O) groups is 1. The fourth-order valence-corrected chi connectivity index (χ4v) is 1.67. The van der Waals surface area contributed by atoms with Crippen molar-refractivity contribution < 1.29 is 19.4 Å². The summed E-state index contributed by atoms with van der Waals surface area (Å²) in [6.45, 7) is 0. The van der Waals surface area contributed by atoms with E-state index in [9.17, 15) is 4.79 Å². The van der Waals surface area contributed by atoms with Crippen molar-refractivity contribution in [2.45, 2.75) is 0 Å². The van der Waals surface area contributed by atoms with Gasteiger partial charge in [0.2, 0.25) is 5.88 Å². The Kier molecular flexibility index (Phi) is 4.26. The molecule has 0 aliphatic heterocycles. The lowest BCUT2D eigenvalue weighted by Gasteiger charge is -2.09. The van der Waals surface area contributed by atoms with Gasteiger partial charge in [0.1, 0.15) is 16.3 Å². The quantitative estimate of drug-likeness (QED) is 0.932. The molecular formula is C12H8Cl2N2O4. The number of ether oxygens (including phenoxy) is 2. The maximum atomic E-state index is 11.1. The van der Waals surface area contributed by atoms with E-state index in [1.807, 2.05) is 0 Å². The van der Waals surface area contributed by atoms with Crippen molar-refractivity contribution in [2.24, 2.45) is 0 Å². The van der Waals surface area contributed by atoms with E-state index in [1.165, 1.54) is 31.5 Å². The van der Waals surface area contributed by atoms with E-state index >= 15 is 0 Å². The van der Waals surface area contributed by atoms with Gasteiger partial charge >= 0.3 is 12.0 Å². The van der Waals surface area contributed by atoms with Crippen molar-refractivity contribution in [1.82, 2.24) is 9.97 Å². The topological polar surface area (TPSA) is 81.5 Å². The fourth-order valence-electron chi connectivity index (χ4n) is 1.37. The van der Waals surface area contributed by atoms with Gasteiger partial charge in [-0.2, -0.15) is 4.98 Å². The number of methoxy groups -OCH3 is 1. The molecular weight excluding hydrogens is 307 g/mol. The van der Waals surface area contributed by atoms with Gasteiger partial charge in [-0.05, 0) is 18.2 Å². The number of nitrogens with zero attached hydrogens (tertiary/aromatic N) is 2. The highest BCUT2D eigenvalue weighted by Gasteiger charge is 2.15. The summed E-state index contributed by atoms with van der Waals surface area (Å²) < 4.78 is 10.2. The van der Waals surface area contributed by atoms with E-state index in [0.29, 0.717) is 0 Å². The first-order valence-electron chi connectivity index (χ1n) is 5.28. The minimum absolute atomic E-state index is 0.0108. The fraction of sp³-hybridized carbons (Fsp3) is 0.0833. The van der Waals surface area contributed by atoms with E-state index in [-0.39, 0.29) is 33.2 Å². The summed E-state index contributed by atoms with van der Waals surface area (Å²) in [5.74, 6) is -1.13. The Balaban J connectivity index is 2.42. The maximum Gasteiger partial charge on any atom is 0.339 e. The molecule has 0 bridgehead atoms.